The standard InChI is InChI=1S/C14H19N5O2/c15-12-8-16-19(9-12)11-14(20)18-5-3-17(4-6-18)10-13-2-1-7-21-13/h1-2,7-9H,3-6,10-11,15H2. The van der Waals surface area contributed by atoms with Gasteiger partial charge in [-0.3, -0.25) is 14.4 Å². The van der Waals surface area contributed by atoms with Crippen LogP contribution in [-0.2, 0) is 17.9 Å². The van der Waals surface area contributed by atoms with Gasteiger partial charge in [-0.25, -0.2) is 0 Å². The monoisotopic (exact) mass is 289 g/mol. The normalized spacial score (nSPS) is 16.3. The first-order valence-electron chi connectivity index (χ1n) is 7.01. The van der Waals surface area contributed by atoms with E-state index in [1.165, 1.54) is 0 Å². The molecule has 1 saturated heterocycles. The van der Waals surface area contributed by atoms with Gasteiger partial charge < -0.3 is 15.1 Å². The Kier molecular flexibility index (Phi) is 3.92. The van der Waals surface area contributed by atoms with E-state index in [1.54, 1.807) is 23.3 Å². The number of amides is 1. The highest BCUT2D eigenvalue weighted by molar-refractivity contribution is 5.76. The van der Waals surface area contributed by atoms with Crippen molar-refractivity contribution in [1.82, 2.24) is 19.6 Å². The number of carbonyl (C=O) groups excluding carboxylic acids is 1. The average molecular weight is 289 g/mol. The average Bonchev–Trinajstić information content (AvgIpc) is 3.12. The number of hydrogen-bond acceptors (Lipinski definition) is 5. The Hall–Kier alpha value is -2.28. The predicted molar refractivity (Wildman–Crippen MR) is 77.2 cm³/mol. The van der Waals surface area contributed by atoms with Crippen LogP contribution in [0.15, 0.2) is 35.2 Å². The Morgan fingerprint density at radius 1 is 1.33 bits per heavy atom. The first-order valence-corrected chi connectivity index (χ1v) is 7.01. The van der Waals surface area contributed by atoms with Crippen LogP contribution in [0.25, 0.3) is 0 Å². The number of anilines is 1. The van der Waals surface area contributed by atoms with E-state index in [0.29, 0.717) is 5.69 Å². The fourth-order valence-electron chi connectivity index (χ4n) is 2.48. The Bertz CT molecular complexity index is 584. The molecule has 7 heteroatoms. The number of furan rings is 1. The number of nitrogen functional groups attached to an aromatic ring is 1. The zero-order chi connectivity index (χ0) is 14.7. The summed E-state index contributed by atoms with van der Waals surface area (Å²) < 4.78 is 6.92. The van der Waals surface area contributed by atoms with Gasteiger partial charge in [-0.1, -0.05) is 0 Å². The summed E-state index contributed by atoms with van der Waals surface area (Å²) >= 11 is 0. The van der Waals surface area contributed by atoms with Gasteiger partial charge in [0.25, 0.3) is 0 Å². The smallest absolute Gasteiger partial charge is 0.244 e. The van der Waals surface area contributed by atoms with E-state index in [0.717, 1.165) is 38.5 Å². The van der Waals surface area contributed by atoms with Crippen molar-refractivity contribution in [3.05, 3.63) is 36.5 Å². The molecule has 0 atom stereocenters. The Labute approximate surface area is 122 Å². The van der Waals surface area contributed by atoms with Crippen LogP contribution >= 0.6 is 0 Å². The molecule has 3 heterocycles. The fourth-order valence-corrected chi connectivity index (χ4v) is 2.48. The molecule has 0 aliphatic carbocycles. The van der Waals surface area contributed by atoms with Gasteiger partial charge in [0.1, 0.15) is 12.3 Å². The molecular weight excluding hydrogens is 270 g/mol. The van der Waals surface area contributed by atoms with E-state index in [2.05, 4.69) is 10.00 Å². The SMILES string of the molecule is Nc1cnn(CC(=O)N2CCN(Cc3ccco3)CC2)c1. The van der Waals surface area contributed by atoms with Crippen LogP contribution in [0.2, 0.25) is 0 Å². The van der Waals surface area contributed by atoms with E-state index < -0.39 is 0 Å². The van der Waals surface area contributed by atoms with Crippen molar-refractivity contribution >= 4 is 11.6 Å². The van der Waals surface area contributed by atoms with Gasteiger partial charge in [-0.05, 0) is 12.1 Å². The molecule has 0 spiro atoms. The number of carbonyl (C=O) groups is 1. The Morgan fingerprint density at radius 2 is 2.14 bits per heavy atom. The summed E-state index contributed by atoms with van der Waals surface area (Å²) in [6.45, 7) is 4.22. The Balaban J connectivity index is 1.47. The van der Waals surface area contributed by atoms with E-state index >= 15 is 0 Å². The quantitative estimate of drug-likeness (QED) is 0.881. The molecule has 0 saturated carbocycles. The van der Waals surface area contributed by atoms with Crippen molar-refractivity contribution in [3.8, 4) is 0 Å². The largest absolute Gasteiger partial charge is 0.468 e. The second kappa shape index (κ2) is 6.01. The summed E-state index contributed by atoms with van der Waals surface area (Å²) in [6.07, 6.45) is 4.91. The molecule has 3 rings (SSSR count). The zero-order valence-corrected chi connectivity index (χ0v) is 11.8. The third-order valence-electron chi connectivity index (χ3n) is 3.64. The first-order chi connectivity index (χ1) is 10.2. The minimum atomic E-state index is 0.0794. The molecule has 1 fully saturated rings. The van der Waals surface area contributed by atoms with Crippen LogP contribution in [0.1, 0.15) is 5.76 Å². The summed E-state index contributed by atoms with van der Waals surface area (Å²) in [4.78, 5) is 16.3. The van der Waals surface area contributed by atoms with Crippen LogP contribution in [0, 0.1) is 0 Å². The maximum absolute atomic E-state index is 12.2. The predicted octanol–water partition coefficient (Wildman–Crippen LogP) is 0.403. The summed E-state index contributed by atoms with van der Waals surface area (Å²) in [5.74, 6) is 1.04. The molecule has 2 aromatic rings. The summed E-state index contributed by atoms with van der Waals surface area (Å²) in [5.41, 5.74) is 6.17. The number of nitrogens with zero attached hydrogens (tertiary/aromatic N) is 4. The molecule has 1 aliphatic heterocycles. The van der Waals surface area contributed by atoms with Gasteiger partial charge in [0, 0.05) is 32.4 Å². The minimum Gasteiger partial charge on any atom is -0.468 e. The van der Waals surface area contributed by atoms with E-state index in [1.807, 2.05) is 17.0 Å². The summed E-state index contributed by atoms with van der Waals surface area (Å²) in [6, 6.07) is 3.87. The molecule has 112 valence electrons. The zero-order valence-electron chi connectivity index (χ0n) is 11.8. The molecule has 2 N–H and O–H groups in total. The molecule has 0 aromatic carbocycles. The van der Waals surface area contributed by atoms with Crippen molar-refractivity contribution in [2.75, 3.05) is 31.9 Å². The van der Waals surface area contributed by atoms with Gasteiger partial charge >= 0.3 is 0 Å². The fraction of sp³-hybridized carbons (Fsp3) is 0.429. The minimum absolute atomic E-state index is 0.0794. The molecule has 1 amide bonds. The van der Waals surface area contributed by atoms with Crippen LogP contribution < -0.4 is 5.73 Å². The first kappa shape index (κ1) is 13.7. The van der Waals surface area contributed by atoms with Crippen molar-refractivity contribution < 1.29 is 9.21 Å². The Morgan fingerprint density at radius 3 is 2.76 bits per heavy atom. The molecule has 0 radical (unpaired) electrons. The van der Waals surface area contributed by atoms with Gasteiger partial charge in [-0.15, -0.1) is 0 Å². The molecule has 2 aromatic heterocycles. The lowest BCUT2D eigenvalue weighted by atomic mass is 10.3. The van der Waals surface area contributed by atoms with Gasteiger partial charge in [0.15, 0.2) is 0 Å². The number of hydrogen-bond donors (Lipinski definition) is 1. The lowest BCUT2D eigenvalue weighted by Gasteiger charge is -2.34. The highest BCUT2D eigenvalue weighted by Gasteiger charge is 2.21. The number of aromatic nitrogens is 2. The van der Waals surface area contributed by atoms with Crippen LogP contribution in [0.5, 0.6) is 0 Å². The third kappa shape index (κ3) is 3.43. The molecule has 0 bridgehead atoms. The number of nitrogens with two attached hydrogens (primary N) is 1. The molecule has 1 aliphatic rings. The van der Waals surface area contributed by atoms with Crippen LogP contribution in [0.4, 0.5) is 5.69 Å². The maximum atomic E-state index is 12.2. The van der Waals surface area contributed by atoms with Crippen molar-refractivity contribution in [2.45, 2.75) is 13.1 Å². The third-order valence-corrected chi connectivity index (χ3v) is 3.64. The lowest BCUT2D eigenvalue weighted by molar-refractivity contribution is -0.133. The summed E-state index contributed by atoms with van der Waals surface area (Å²) in [7, 11) is 0. The molecule has 21 heavy (non-hydrogen) atoms. The van der Waals surface area contributed by atoms with Crippen LogP contribution in [-0.4, -0.2) is 51.7 Å². The number of piperazine rings is 1. The van der Waals surface area contributed by atoms with Crippen LogP contribution in [0.3, 0.4) is 0 Å². The highest BCUT2D eigenvalue weighted by Crippen LogP contribution is 2.09. The highest BCUT2D eigenvalue weighted by atomic mass is 16.3. The van der Waals surface area contributed by atoms with Gasteiger partial charge in [0.05, 0.1) is 24.7 Å². The topological polar surface area (TPSA) is 80.5 Å². The van der Waals surface area contributed by atoms with Gasteiger partial charge in [0.2, 0.25) is 5.91 Å². The van der Waals surface area contributed by atoms with E-state index in [9.17, 15) is 4.79 Å². The maximum Gasteiger partial charge on any atom is 0.244 e. The molecule has 0 unspecified atom stereocenters. The van der Waals surface area contributed by atoms with Crippen molar-refractivity contribution in [2.24, 2.45) is 0 Å². The molecule has 7 nitrogen and oxygen atoms in total. The van der Waals surface area contributed by atoms with E-state index in [-0.39, 0.29) is 12.5 Å². The van der Waals surface area contributed by atoms with Crippen molar-refractivity contribution in [1.29, 1.82) is 0 Å². The second-order valence-electron chi connectivity index (χ2n) is 5.21. The number of rotatable bonds is 4. The van der Waals surface area contributed by atoms with Crippen molar-refractivity contribution in [3.63, 3.8) is 0 Å². The van der Waals surface area contributed by atoms with E-state index in [4.69, 9.17) is 10.2 Å². The second-order valence-corrected chi connectivity index (χ2v) is 5.21. The summed E-state index contributed by atoms with van der Waals surface area (Å²) in [5, 5.41) is 4.04. The van der Waals surface area contributed by atoms with Gasteiger partial charge in [-0.2, -0.15) is 5.10 Å². The molecular formula is C14H19N5O2. The lowest BCUT2D eigenvalue weighted by Crippen LogP contribution is -2.49.